The Morgan fingerprint density at radius 2 is 0.738 bits per heavy atom. The van der Waals surface area contributed by atoms with Gasteiger partial charge in [0.25, 0.3) is 0 Å². The molecule has 0 unspecified atom stereocenters. The lowest BCUT2D eigenvalue weighted by atomic mass is 9.96. The summed E-state index contributed by atoms with van der Waals surface area (Å²) in [6.45, 7) is 21.4. The summed E-state index contributed by atoms with van der Waals surface area (Å²) in [7, 11) is 3.89. The van der Waals surface area contributed by atoms with Gasteiger partial charge in [0.15, 0.2) is 5.11 Å². The van der Waals surface area contributed by atoms with E-state index in [0.29, 0.717) is 95.4 Å². The molecule has 0 spiro atoms. The Hall–Kier alpha value is -2.91. The van der Waals surface area contributed by atoms with Crippen molar-refractivity contribution in [1.82, 2.24) is 30.2 Å². The molecule has 0 aliphatic rings. The Morgan fingerprint density at radius 3 is 1.10 bits per heavy atom. The fourth-order valence-corrected chi connectivity index (χ4v) is 10.2. The number of hydrogen-bond acceptors (Lipinski definition) is 11. The highest BCUT2D eigenvalue weighted by molar-refractivity contribution is 7.80. The summed E-state index contributed by atoms with van der Waals surface area (Å²) in [6, 6.07) is 0. The zero-order valence-electron chi connectivity index (χ0n) is 53.5. The molecule has 0 aromatic heterocycles. The second kappa shape index (κ2) is 57.9. The van der Waals surface area contributed by atoms with E-state index in [1.807, 2.05) is 9.80 Å². The van der Waals surface area contributed by atoms with Gasteiger partial charge >= 0.3 is 24.1 Å². The predicted octanol–water partition coefficient (Wildman–Crippen LogP) is 15.7. The molecule has 0 bridgehead atoms. The van der Waals surface area contributed by atoms with Gasteiger partial charge in [0.1, 0.15) is 13.2 Å². The third-order valence-corrected chi connectivity index (χ3v) is 15.9. The maximum Gasteiger partial charge on any atom is 0.409 e. The van der Waals surface area contributed by atoms with Gasteiger partial charge in [-0.3, -0.25) is 14.5 Å². The first-order chi connectivity index (χ1) is 39.0. The molecule has 0 aromatic rings. The van der Waals surface area contributed by atoms with Crippen molar-refractivity contribution in [3.63, 3.8) is 0 Å². The van der Waals surface area contributed by atoms with Crippen molar-refractivity contribution in [3.8, 4) is 0 Å². The number of esters is 2. The summed E-state index contributed by atoms with van der Waals surface area (Å²) in [4.78, 5) is 61.3. The van der Waals surface area contributed by atoms with Crippen LogP contribution < -0.4 is 10.6 Å². The van der Waals surface area contributed by atoms with Crippen LogP contribution in [0.5, 0.6) is 0 Å². The number of unbranched alkanes of at least 4 members (excludes halogenated alkanes) is 22. The van der Waals surface area contributed by atoms with Crippen LogP contribution in [0.2, 0.25) is 0 Å². The second-order valence-electron chi connectivity index (χ2n) is 23.1. The summed E-state index contributed by atoms with van der Waals surface area (Å²) in [5.74, 6) is 0.700. The summed E-state index contributed by atoms with van der Waals surface area (Å²) in [6.07, 6.45) is 37.7. The Morgan fingerprint density at radius 1 is 0.400 bits per heavy atom. The highest BCUT2D eigenvalue weighted by atomic mass is 32.1. The highest BCUT2D eigenvalue weighted by Gasteiger charge is 2.20. The summed E-state index contributed by atoms with van der Waals surface area (Å²) in [5.41, 5.74) is 0. The number of ether oxygens (including phenoxy) is 4. The van der Waals surface area contributed by atoms with Gasteiger partial charge in [0.05, 0.1) is 13.2 Å². The molecule has 80 heavy (non-hydrogen) atoms. The SMILES string of the molecule is CCCCCCCCN(CCCCCC(=O)OCC(CCCCC)CCCCC)C(=O)OCCN(CCOC(=O)N(CCCCCCCC)CCCCCC(=O)OCC(CCCCC)CCCCC)CCN(C)CCNC(=S)NC. The van der Waals surface area contributed by atoms with Crippen molar-refractivity contribution < 1.29 is 38.1 Å². The van der Waals surface area contributed by atoms with Crippen molar-refractivity contribution >= 4 is 41.5 Å². The third kappa shape index (κ3) is 48.6. The lowest BCUT2D eigenvalue weighted by Crippen LogP contribution is -2.42. The minimum Gasteiger partial charge on any atom is -0.465 e. The van der Waals surface area contributed by atoms with E-state index >= 15 is 0 Å². The second-order valence-corrected chi connectivity index (χ2v) is 23.5. The largest absolute Gasteiger partial charge is 0.465 e. The number of thiocarbonyl (C=S) groups is 1. The number of carbonyl (C=O) groups excluding carboxylic acids is 4. The zero-order chi connectivity index (χ0) is 58.9. The van der Waals surface area contributed by atoms with Gasteiger partial charge in [-0.05, 0) is 95.3 Å². The number of nitrogens with one attached hydrogen (secondary N) is 2. The minimum atomic E-state index is -0.295. The molecule has 0 heterocycles. The molecule has 0 aliphatic carbocycles. The van der Waals surface area contributed by atoms with E-state index in [1.165, 1.54) is 116 Å². The van der Waals surface area contributed by atoms with Gasteiger partial charge in [-0.1, -0.05) is 196 Å². The Bertz CT molecular complexity index is 1340. The number of amides is 2. The normalized spacial score (nSPS) is 11.4. The Labute approximate surface area is 498 Å². The van der Waals surface area contributed by atoms with Crippen LogP contribution in [0.25, 0.3) is 0 Å². The quantitative estimate of drug-likeness (QED) is 0.0258. The fraction of sp³-hybridized carbons (Fsp3) is 0.923. The van der Waals surface area contributed by atoms with Crippen LogP contribution in [0, 0.1) is 11.8 Å². The molecule has 0 aliphatic heterocycles. The van der Waals surface area contributed by atoms with Gasteiger partial charge < -0.3 is 44.3 Å². The molecule has 2 amide bonds. The maximum absolute atomic E-state index is 13.8. The van der Waals surface area contributed by atoms with Crippen LogP contribution in [0.1, 0.15) is 273 Å². The zero-order valence-corrected chi connectivity index (χ0v) is 54.3. The molecule has 2 N–H and O–H groups in total. The van der Waals surface area contributed by atoms with E-state index in [1.54, 1.807) is 7.05 Å². The van der Waals surface area contributed by atoms with E-state index < -0.39 is 0 Å². The smallest absolute Gasteiger partial charge is 0.409 e. The number of rotatable bonds is 58. The van der Waals surface area contributed by atoms with Crippen molar-refractivity contribution in [2.24, 2.45) is 11.8 Å². The first-order valence-electron chi connectivity index (χ1n) is 33.5. The van der Waals surface area contributed by atoms with E-state index in [9.17, 15) is 19.2 Å². The molecule has 15 heteroatoms. The van der Waals surface area contributed by atoms with Gasteiger partial charge in [-0.15, -0.1) is 0 Å². The minimum absolute atomic E-state index is 0.105. The topological polar surface area (TPSA) is 142 Å². The molecule has 0 saturated carbocycles. The monoisotopic (exact) mass is 1150 g/mol. The first-order valence-corrected chi connectivity index (χ1v) is 33.9. The number of nitrogens with zero attached hydrogens (tertiary/aromatic N) is 4. The van der Waals surface area contributed by atoms with E-state index in [2.05, 4.69) is 69.0 Å². The molecule has 0 saturated heterocycles. The fourth-order valence-electron chi connectivity index (χ4n) is 10.1. The Kier molecular flexibility index (Phi) is 55.8. The predicted molar refractivity (Wildman–Crippen MR) is 339 cm³/mol. The molecule has 0 aromatic carbocycles. The first kappa shape index (κ1) is 77.1. The van der Waals surface area contributed by atoms with Gasteiger partial charge in [0, 0.05) is 85.3 Å². The van der Waals surface area contributed by atoms with Crippen LogP contribution in [0.3, 0.4) is 0 Å². The average molecular weight is 1150 g/mol. The van der Waals surface area contributed by atoms with Crippen molar-refractivity contribution in [2.75, 3.05) is 106 Å². The van der Waals surface area contributed by atoms with E-state index in [-0.39, 0.29) is 37.3 Å². The summed E-state index contributed by atoms with van der Waals surface area (Å²) < 4.78 is 23.7. The Balaban J connectivity index is 5.62. The summed E-state index contributed by atoms with van der Waals surface area (Å²) in [5, 5.41) is 6.79. The van der Waals surface area contributed by atoms with Gasteiger partial charge in [-0.2, -0.15) is 0 Å². The molecule has 0 atom stereocenters. The molecular formula is C65H128N6O8S. The molecule has 0 rings (SSSR count). The van der Waals surface area contributed by atoms with Gasteiger partial charge in [-0.25, -0.2) is 9.59 Å². The van der Waals surface area contributed by atoms with Crippen LogP contribution in [-0.2, 0) is 28.5 Å². The van der Waals surface area contributed by atoms with Crippen LogP contribution in [0.15, 0.2) is 0 Å². The van der Waals surface area contributed by atoms with E-state index in [4.69, 9.17) is 31.2 Å². The number of likely N-dealkylation sites (N-methyl/N-ethyl adjacent to an activating group) is 1. The number of hydrogen-bond donors (Lipinski definition) is 2. The van der Waals surface area contributed by atoms with Crippen LogP contribution in [0.4, 0.5) is 9.59 Å². The lowest BCUT2D eigenvalue weighted by Gasteiger charge is -2.27. The maximum atomic E-state index is 13.8. The molecule has 0 fully saturated rings. The average Bonchev–Trinajstić information content (AvgIpc) is 3.45. The van der Waals surface area contributed by atoms with Crippen molar-refractivity contribution in [1.29, 1.82) is 0 Å². The third-order valence-electron chi connectivity index (χ3n) is 15.6. The molecule has 14 nitrogen and oxygen atoms in total. The van der Waals surface area contributed by atoms with Crippen molar-refractivity contribution in [3.05, 3.63) is 0 Å². The van der Waals surface area contributed by atoms with Gasteiger partial charge in [0.2, 0.25) is 0 Å². The van der Waals surface area contributed by atoms with Crippen molar-refractivity contribution in [2.45, 2.75) is 273 Å². The highest BCUT2D eigenvalue weighted by Crippen LogP contribution is 2.21. The molecule has 0 radical (unpaired) electrons. The summed E-state index contributed by atoms with van der Waals surface area (Å²) >= 11 is 5.28. The van der Waals surface area contributed by atoms with Crippen LogP contribution in [-0.4, -0.2) is 155 Å². The lowest BCUT2D eigenvalue weighted by molar-refractivity contribution is -0.146. The number of carbonyl (C=O) groups is 4. The molecular weight excluding hydrogens is 1020 g/mol. The van der Waals surface area contributed by atoms with Crippen LogP contribution >= 0.6 is 12.2 Å². The standard InChI is InChI=1S/C65H128N6O8S/c1-9-15-21-23-25-35-46-70(48-37-27-33-43-61(72)78-57-59(39-29-17-11-3)40-30-18-12-4)64(74)76-55-53-69(52-51-68(8)50-45-67-63(80)66-7)54-56-77-65(75)71(47-36-26-24-22-16-10-2)49-38-28-34-44-62(73)79-58-60(41-31-19-13-5)42-32-20-14-6/h59-60H,9-58H2,1-8H3,(H2,66,67,80). The van der Waals surface area contributed by atoms with E-state index in [0.717, 1.165) is 116 Å². The molecule has 472 valence electrons.